The summed E-state index contributed by atoms with van der Waals surface area (Å²) in [6.07, 6.45) is 2.78. The minimum Gasteiger partial charge on any atom is -0.498 e. The van der Waals surface area contributed by atoms with Crippen molar-refractivity contribution < 1.29 is 9.47 Å². The number of nitrogens with two attached hydrogens (primary N) is 1. The monoisotopic (exact) mass is 297 g/mol. The summed E-state index contributed by atoms with van der Waals surface area (Å²) in [6.45, 7) is 3.80. The van der Waals surface area contributed by atoms with Gasteiger partial charge < -0.3 is 15.2 Å². The van der Waals surface area contributed by atoms with Crippen molar-refractivity contribution in [1.82, 2.24) is 0 Å². The molecule has 0 aliphatic carbocycles. The van der Waals surface area contributed by atoms with E-state index in [1.165, 1.54) is 0 Å². The van der Waals surface area contributed by atoms with Crippen molar-refractivity contribution in [3.05, 3.63) is 71.5 Å². The van der Waals surface area contributed by atoms with Gasteiger partial charge in [0, 0.05) is 6.42 Å². The lowest BCUT2D eigenvalue weighted by atomic mass is 10.1. The molecule has 0 spiro atoms. The van der Waals surface area contributed by atoms with E-state index in [-0.39, 0.29) is 0 Å². The van der Waals surface area contributed by atoms with E-state index < -0.39 is 0 Å². The molecule has 0 bridgehead atoms. The molecule has 3 heteroatoms. The number of ether oxygens (including phenoxy) is 2. The van der Waals surface area contributed by atoms with Gasteiger partial charge in [0.25, 0.3) is 0 Å². The van der Waals surface area contributed by atoms with Gasteiger partial charge in [-0.1, -0.05) is 42.5 Å². The van der Waals surface area contributed by atoms with Gasteiger partial charge in [-0.25, -0.2) is 0 Å². The molecule has 0 aromatic heterocycles. The molecule has 22 heavy (non-hydrogen) atoms. The Balaban J connectivity index is 1.96. The summed E-state index contributed by atoms with van der Waals surface area (Å²) in [6, 6.07) is 18.1. The largest absolute Gasteiger partial charge is 0.498 e. The lowest BCUT2D eigenvalue weighted by molar-refractivity contribution is 0.223. The van der Waals surface area contributed by atoms with Crippen molar-refractivity contribution in [2.75, 3.05) is 13.2 Å². The summed E-state index contributed by atoms with van der Waals surface area (Å²) in [4.78, 5) is 0. The van der Waals surface area contributed by atoms with Crippen LogP contribution in [0.25, 0.3) is 6.08 Å². The van der Waals surface area contributed by atoms with Crippen molar-refractivity contribution in [1.29, 1.82) is 0 Å². The molecule has 0 fully saturated rings. The first-order valence-electron chi connectivity index (χ1n) is 7.62. The highest BCUT2D eigenvalue weighted by Crippen LogP contribution is 2.17. The van der Waals surface area contributed by atoms with Gasteiger partial charge in [0.2, 0.25) is 0 Å². The topological polar surface area (TPSA) is 44.5 Å². The lowest BCUT2D eigenvalue weighted by Crippen LogP contribution is -2.02. The van der Waals surface area contributed by atoms with Crippen molar-refractivity contribution in [2.45, 2.75) is 20.0 Å². The molecular formula is C19H23NO2. The third-order valence-electron chi connectivity index (χ3n) is 3.18. The van der Waals surface area contributed by atoms with Crippen LogP contribution in [0.4, 0.5) is 0 Å². The van der Waals surface area contributed by atoms with Gasteiger partial charge in [-0.2, -0.15) is 0 Å². The van der Waals surface area contributed by atoms with Crippen LogP contribution < -0.4 is 10.5 Å². The van der Waals surface area contributed by atoms with Crippen molar-refractivity contribution in [3.8, 4) is 5.75 Å². The van der Waals surface area contributed by atoms with Crippen molar-refractivity contribution >= 4 is 6.08 Å². The number of hydrogen-bond donors (Lipinski definition) is 1. The SMILES string of the molecule is CCOC(=Cc1ccc(OCc2ccccc2)cc1)CCN. The minimum absolute atomic E-state index is 0.577. The molecule has 0 aliphatic heterocycles. The number of benzene rings is 2. The Morgan fingerprint density at radius 3 is 2.41 bits per heavy atom. The molecule has 2 N–H and O–H groups in total. The van der Waals surface area contributed by atoms with E-state index in [4.69, 9.17) is 15.2 Å². The summed E-state index contributed by atoms with van der Waals surface area (Å²) in [5.41, 5.74) is 7.84. The fourth-order valence-electron chi connectivity index (χ4n) is 2.10. The number of hydrogen-bond acceptors (Lipinski definition) is 3. The van der Waals surface area contributed by atoms with Crippen molar-refractivity contribution in [2.24, 2.45) is 5.73 Å². The zero-order chi connectivity index (χ0) is 15.6. The molecule has 2 aromatic rings. The van der Waals surface area contributed by atoms with Gasteiger partial charge in [0.05, 0.1) is 12.4 Å². The zero-order valence-electron chi connectivity index (χ0n) is 13.0. The average Bonchev–Trinajstić information content (AvgIpc) is 2.56. The van der Waals surface area contributed by atoms with Crippen molar-refractivity contribution in [3.63, 3.8) is 0 Å². The second-order valence-electron chi connectivity index (χ2n) is 4.93. The number of rotatable bonds is 8. The maximum atomic E-state index is 5.78. The van der Waals surface area contributed by atoms with Crippen LogP contribution in [0, 0.1) is 0 Å². The van der Waals surface area contributed by atoms with E-state index in [1.54, 1.807) is 0 Å². The standard InChI is InChI=1S/C19H23NO2/c1-2-21-19(12-13-20)14-16-8-10-18(11-9-16)22-15-17-6-4-3-5-7-17/h3-11,14H,2,12-13,15,20H2,1H3. The summed E-state index contributed by atoms with van der Waals surface area (Å²) in [5.74, 6) is 1.78. The average molecular weight is 297 g/mol. The first-order valence-corrected chi connectivity index (χ1v) is 7.62. The summed E-state index contributed by atoms with van der Waals surface area (Å²) >= 11 is 0. The van der Waals surface area contributed by atoms with Gasteiger partial charge in [-0.3, -0.25) is 0 Å². The maximum Gasteiger partial charge on any atom is 0.119 e. The first-order chi connectivity index (χ1) is 10.8. The Bertz CT molecular complexity index is 568. The van der Waals surface area contributed by atoms with Gasteiger partial charge >= 0.3 is 0 Å². The van der Waals surface area contributed by atoms with E-state index in [1.807, 2.05) is 55.5 Å². The van der Waals surface area contributed by atoms with Crippen LogP contribution in [0.3, 0.4) is 0 Å². The zero-order valence-corrected chi connectivity index (χ0v) is 13.0. The Morgan fingerprint density at radius 2 is 1.77 bits per heavy atom. The predicted octanol–water partition coefficient (Wildman–Crippen LogP) is 3.99. The molecule has 0 atom stereocenters. The van der Waals surface area contributed by atoms with Crippen LogP contribution in [-0.2, 0) is 11.3 Å². The molecular weight excluding hydrogens is 274 g/mol. The van der Waals surface area contributed by atoms with E-state index in [2.05, 4.69) is 12.1 Å². The van der Waals surface area contributed by atoms with Crippen LogP contribution >= 0.6 is 0 Å². The molecule has 0 radical (unpaired) electrons. The smallest absolute Gasteiger partial charge is 0.119 e. The van der Waals surface area contributed by atoms with Gasteiger partial charge in [-0.15, -0.1) is 0 Å². The summed E-state index contributed by atoms with van der Waals surface area (Å²) in [7, 11) is 0. The van der Waals surface area contributed by atoms with Gasteiger partial charge in [0.15, 0.2) is 0 Å². The highest BCUT2D eigenvalue weighted by atomic mass is 16.5. The highest BCUT2D eigenvalue weighted by molar-refractivity contribution is 5.52. The van der Waals surface area contributed by atoms with Crippen LogP contribution in [0.15, 0.2) is 60.4 Å². The van der Waals surface area contributed by atoms with Crippen LogP contribution in [0.2, 0.25) is 0 Å². The van der Waals surface area contributed by atoms with E-state index in [9.17, 15) is 0 Å². The van der Waals surface area contributed by atoms with Crippen LogP contribution in [-0.4, -0.2) is 13.2 Å². The van der Waals surface area contributed by atoms with Crippen LogP contribution in [0.1, 0.15) is 24.5 Å². The molecule has 0 saturated heterocycles. The Kier molecular flexibility index (Phi) is 6.52. The molecule has 2 rings (SSSR count). The van der Waals surface area contributed by atoms with Gasteiger partial charge in [-0.05, 0) is 42.8 Å². The fraction of sp³-hybridized carbons (Fsp3) is 0.263. The third-order valence-corrected chi connectivity index (χ3v) is 3.18. The first kappa shape index (κ1) is 16.1. The molecule has 0 aliphatic rings. The molecule has 3 nitrogen and oxygen atoms in total. The second-order valence-corrected chi connectivity index (χ2v) is 4.93. The van der Waals surface area contributed by atoms with E-state index >= 15 is 0 Å². The predicted molar refractivity (Wildman–Crippen MR) is 90.5 cm³/mol. The Labute approximate surface area is 132 Å². The minimum atomic E-state index is 0.577. The molecule has 0 unspecified atom stereocenters. The third kappa shape index (κ3) is 5.26. The Hall–Kier alpha value is -2.26. The van der Waals surface area contributed by atoms with Gasteiger partial charge in [0.1, 0.15) is 12.4 Å². The molecule has 0 saturated carbocycles. The highest BCUT2D eigenvalue weighted by Gasteiger charge is 1.99. The second kappa shape index (κ2) is 8.90. The molecule has 116 valence electrons. The van der Waals surface area contributed by atoms with Crippen LogP contribution in [0.5, 0.6) is 5.75 Å². The summed E-state index contributed by atoms with van der Waals surface area (Å²) in [5, 5.41) is 0. The molecule has 0 amide bonds. The molecule has 2 aromatic carbocycles. The normalized spacial score (nSPS) is 11.3. The van der Waals surface area contributed by atoms with E-state index in [0.29, 0.717) is 19.8 Å². The lowest BCUT2D eigenvalue weighted by Gasteiger charge is -2.09. The Morgan fingerprint density at radius 1 is 1.05 bits per heavy atom. The van der Waals surface area contributed by atoms with E-state index in [0.717, 1.165) is 29.1 Å². The maximum absolute atomic E-state index is 5.78. The quantitative estimate of drug-likeness (QED) is 0.749. The summed E-state index contributed by atoms with van der Waals surface area (Å²) < 4.78 is 11.3. The molecule has 0 heterocycles. The fourth-order valence-corrected chi connectivity index (χ4v) is 2.10.